The second-order valence-electron chi connectivity index (χ2n) is 8.56. The van der Waals surface area contributed by atoms with Crippen molar-refractivity contribution in [2.24, 2.45) is 0 Å². The molecule has 0 bridgehead atoms. The van der Waals surface area contributed by atoms with Crippen LogP contribution >= 0.6 is 7.60 Å². The van der Waals surface area contributed by atoms with E-state index in [1.54, 1.807) is 19.9 Å². The van der Waals surface area contributed by atoms with Gasteiger partial charge in [0.05, 0.1) is 19.3 Å². The molecule has 2 atom stereocenters. The van der Waals surface area contributed by atoms with E-state index >= 15 is 0 Å². The highest BCUT2D eigenvalue weighted by atomic mass is 31.2. The average molecular weight is 551 g/mol. The molecule has 39 heavy (non-hydrogen) atoms. The molecule has 0 aliphatic carbocycles. The van der Waals surface area contributed by atoms with Crippen molar-refractivity contribution in [1.29, 1.82) is 0 Å². The third-order valence-corrected chi connectivity index (χ3v) is 7.41. The summed E-state index contributed by atoms with van der Waals surface area (Å²) in [5.74, 6) is 0.933. The Morgan fingerprint density at radius 1 is 0.795 bits per heavy atom. The maximum Gasteiger partial charge on any atom is 0.408 e. The molecule has 0 aliphatic rings. The molecule has 206 valence electrons. The van der Waals surface area contributed by atoms with E-state index in [9.17, 15) is 14.2 Å². The monoisotopic (exact) mass is 550 g/mol. The zero-order valence-electron chi connectivity index (χ0n) is 22.2. The molecule has 1 unspecified atom stereocenters. The van der Waals surface area contributed by atoms with Crippen LogP contribution in [0.1, 0.15) is 36.6 Å². The molecule has 8 nitrogen and oxygen atoms in total. The lowest BCUT2D eigenvalue weighted by molar-refractivity contribution is -0.123. The molecule has 0 saturated heterocycles. The second kappa shape index (κ2) is 15.6. The number of alkyl carbamates (subject to hydrolysis) is 1. The quantitative estimate of drug-likeness (QED) is 0.233. The molecule has 0 saturated carbocycles. The Morgan fingerprint density at radius 3 is 1.90 bits per heavy atom. The van der Waals surface area contributed by atoms with Gasteiger partial charge in [0.1, 0.15) is 12.6 Å². The molecule has 3 rings (SSSR count). The van der Waals surface area contributed by atoms with Crippen LogP contribution in [-0.2, 0) is 36.2 Å². The van der Waals surface area contributed by atoms with Gasteiger partial charge in [-0.3, -0.25) is 9.36 Å². The van der Waals surface area contributed by atoms with Gasteiger partial charge >= 0.3 is 13.7 Å². The number of nitrogens with one attached hydrogen (secondary N) is 2. The van der Waals surface area contributed by atoms with E-state index in [1.807, 2.05) is 91.0 Å². The summed E-state index contributed by atoms with van der Waals surface area (Å²) >= 11 is 0. The van der Waals surface area contributed by atoms with Crippen LogP contribution in [0, 0.1) is 0 Å². The van der Waals surface area contributed by atoms with Gasteiger partial charge in [-0.25, -0.2) is 4.79 Å². The maximum atomic E-state index is 13.6. The molecule has 0 fully saturated rings. The zero-order chi connectivity index (χ0) is 27.9. The zero-order valence-corrected chi connectivity index (χ0v) is 23.1. The minimum absolute atomic E-state index is 0.0753. The summed E-state index contributed by atoms with van der Waals surface area (Å²) in [6.07, 6.45) is 1.13. The first kappa shape index (κ1) is 29.8. The van der Waals surface area contributed by atoms with Gasteiger partial charge in [-0.15, -0.1) is 0 Å². The van der Waals surface area contributed by atoms with Crippen molar-refractivity contribution in [1.82, 2.24) is 10.6 Å². The first-order valence-corrected chi connectivity index (χ1v) is 14.5. The summed E-state index contributed by atoms with van der Waals surface area (Å²) in [6.45, 7) is 3.95. The van der Waals surface area contributed by atoms with Crippen LogP contribution in [0.3, 0.4) is 0 Å². The molecule has 2 N–H and O–H groups in total. The van der Waals surface area contributed by atoms with E-state index in [-0.39, 0.29) is 26.2 Å². The Kier molecular flexibility index (Phi) is 12.0. The van der Waals surface area contributed by atoms with Crippen LogP contribution in [-0.4, -0.2) is 31.3 Å². The van der Waals surface area contributed by atoms with E-state index in [0.29, 0.717) is 0 Å². The van der Waals surface area contributed by atoms with Gasteiger partial charge in [-0.2, -0.15) is 0 Å². The highest BCUT2D eigenvalue weighted by Crippen LogP contribution is 2.50. The molecule has 0 aromatic heterocycles. The lowest BCUT2D eigenvalue weighted by Gasteiger charge is -2.23. The fourth-order valence-electron chi connectivity index (χ4n) is 3.80. The van der Waals surface area contributed by atoms with Crippen molar-refractivity contribution in [3.8, 4) is 0 Å². The molecule has 2 amide bonds. The molecule has 3 aromatic carbocycles. The molecular weight excluding hydrogens is 515 g/mol. The first-order chi connectivity index (χ1) is 18.9. The molecule has 0 radical (unpaired) electrons. The van der Waals surface area contributed by atoms with Gasteiger partial charge in [0.2, 0.25) is 5.91 Å². The van der Waals surface area contributed by atoms with Crippen molar-refractivity contribution in [3.63, 3.8) is 0 Å². The minimum Gasteiger partial charge on any atom is -0.445 e. The Balaban J connectivity index is 1.80. The molecule has 3 aromatic rings. The topological polar surface area (TPSA) is 103 Å². The second-order valence-corrected chi connectivity index (χ2v) is 10.5. The van der Waals surface area contributed by atoms with Crippen molar-refractivity contribution < 1.29 is 27.9 Å². The summed E-state index contributed by atoms with van der Waals surface area (Å²) in [4.78, 5) is 26.3. The van der Waals surface area contributed by atoms with E-state index in [0.717, 1.165) is 16.7 Å². The van der Waals surface area contributed by atoms with E-state index in [1.165, 1.54) is 5.82 Å². The molecule has 0 spiro atoms. The fraction of sp³-hybridized carbons (Fsp3) is 0.267. The Morgan fingerprint density at radius 2 is 1.33 bits per heavy atom. The lowest BCUT2D eigenvalue weighted by atomic mass is 10.0. The standard InChI is InChI=1S/C30H35N2O6P/c1-3-37-39(35,38-4-2)21-20-27(26-18-12-7-13-19-26)31-29(33)28(22-24-14-8-5-9-15-24)32-30(34)36-23-25-16-10-6-11-17-25/h5-21,27-28H,3-4,22-23H2,1-2H3,(H,31,33)(H,32,34)/b21-20+/t27?,28-/m0/s1. The normalized spacial score (nSPS) is 13.0. The van der Waals surface area contributed by atoms with Gasteiger partial charge in [0.25, 0.3) is 0 Å². The summed E-state index contributed by atoms with van der Waals surface area (Å²) in [5, 5.41) is 5.67. The maximum absolute atomic E-state index is 13.6. The van der Waals surface area contributed by atoms with E-state index in [4.69, 9.17) is 13.8 Å². The highest BCUT2D eigenvalue weighted by molar-refractivity contribution is 7.57. The fourth-order valence-corrected chi connectivity index (χ4v) is 5.15. The van der Waals surface area contributed by atoms with Gasteiger partial charge in [0.15, 0.2) is 0 Å². The summed E-state index contributed by atoms with van der Waals surface area (Å²) in [7, 11) is -3.50. The van der Waals surface area contributed by atoms with Crippen LogP contribution in [0.15, 0.2) is 103 Å². The predicted octanol–water partition coefficient (Wildman–Crippen LogP) is 6.16. The largest absolute Gasteiger partial charge is 0.445 e. The molecule has 0 heterocycles. The minimum atomic E-state index is -3.50. The number of benzene rings is 3. The van der Waals surface area contributed by atoms with Gasteiger partial charge in [-0.1, -0.05) is 91.0 Å². The Labute approximate surface area is 229 Å². The summed E-state index contributed by atoms with van der Waals surface area (Å²) < 4.78 is 29.1. The third-order valence-electron chi connectivity index (χ3n) is 5.64. The number of hydrogen-bond acceptors (Lipinski definition) is 6. The lowest BCUT2D eigenvalue weighted by Crippen LogP contribution is -2.48. The number of hydrogen-bond donors (Lipinski definition) is 2. The number of carbonyl (C=O) groups excluding carboxylic acids is 2. The average Bonchev–Trinajstić information content (AvgIpc) is 2.95. The van der Waals surface area contributed by atoms with Crippen molar-refractivity contribution >= 4 is 19.6 Å². The van der Waals surface area contributed by atoms with Crippen LogP contribution < -0.4 is 10.6 Å². The number of carbonyl (C=O) groups is 2. The number of amides is 2. The molecule has 0 aliphatic heterocycles. The highest BCUT2D eigenvalue weighted by Gasteiger charge is 2.26. The van der Waals surface area contributed by atoms with Gasteiger partial charge < -0.3 is 24.4 Å². The van der Waals surface area contributed by atoms with Crippen LogP contribution in [0.4, 0.5) is 4.79 Å². The van der Waals surface area contributed by atoms with Gasteiger partial charge in [0, 0.05) is 12.2 Å². The summed E-state index contributed by atoms with van der Waals surface area (Å²) in [5.41, 5.74) is 2.45. The molecular formula is C30H35N2O6P. The first-order valence-electron chi connectivity index (χ1n) is 12.9. The van der Waals surface area contributed by atoms with Crippen LogP contribution in [0.2, 0.25) is 0 Å². The van der Waals surface area contributed by atoms with Crippen LogP contribution in [0.5, 0.6) is 0 Å². The van der Waals surface area contributed by atoms with Crippen molar-refractivity contribution in [2.45, 2.75) is 39.0 Å². The van der Waals surface area contributed by atoms with Crippen molar-refractivity contribution in [2.75, 3.05) is 13.2 Å². The molecule has 9 heteroatoms. The predicted molar refractivity (Wildman–Crippen MR) is 151 cm³/mol. The smallest absolute Gasteiger partial charge is 0.408 e. The SMILES string of the molecule is CCOP(=O)(/C=C/C(NC(=O)[C@H](Cc1ccccc1)NC(=O)OCc1ccccc1)c1ccccc1)OCC. The van der Waals surface area contributed by atoms with Crippen molar-refractivity contribution in [3.05, 3.63) is 120 Å². The Hall–Kier alpha value is -3.71. The van der Waals surface area contributed by atoms with E-state index < -0.39 is 31.7 Å². The number of rotatable bonds is 14. The van der Waals surface area contributed by atoms with Crippen LogP contribution in [0.25, 0.3) is 0 Å². The van der Waals surface area contributed by atoms with Gasteiger partial charge in [-0.05, 0) is 36.6 Å². The van der Waals surface area contributed by atoms with E-state index in [2.05, 4.69) is 10.6 Å². The third kappa shape index (κ3) is 10.2. The Bertz CT molecular complexity index is 1230. The summed E-state index contributed by atoms with van der Waals surface area (Å²) in [6, 6.07) is 26.3. The number of ether oxygens (including phenoxy) is 1.